The molecule has 11 heavy (non-hydrogen) atoms. The molecule has 0 radical (unpaired) electrons. The van der Waals surface area contributed by atoms with Crippen LogP contribution < -0.4 is 5.32 Å². The zero-order valence-electron chi connectivity index (χ0n) is 6.54. The third-order valence-corrected chi connectivity index (χ3v) is 1.96. The number of nitrogens with one attached hydrogen (secondary N) is 1. The lowest BCUT2D eigenvalue weighted by atomic mass is 10.1. The van der Waals surface area contributed by atoms with E-state index in [9.17, 15) is 4.79 Å². The second-order valence-corrected chi connectivity index (χ2v) is 2.70. The highest BCUT2D eigenvalue weighted by atomic mass is 16.5. The van der Waals surface area contributed by atoms with Crippen molar-refractivity contribution >= 4 is 5.97 Å². The minimum atomic E-state index is -0.882. The lowest BCUT2D eigenvalue weighted by Crippen LogP contribution is -2.41. The third kappa shape index (κ3) is 1.91. The van der Waals surface area contributed by atoms with Gasteiger partial charge in [0.1, 0.15) is 0 Å². The minimum Gasteiger partial charge on any atom is -0.479 e. The maximum atomic E-state index is 10.6. The maximum absolute atomic E-state index is 10.6. The summed E-state index contributed by atoms with van der Waals surface area (Å²) in [6.07, 6.45) is 1.25. The molecule has 1 aliphatic heterocycles. The molecule has 1 rings (SSSR count). The van der Waals surface area contributed by atoms with Gasteiger partial charge in [-0.3, -0.25) is 0 Å². The first-order valence-electron chi connectivity index (χ1n) is 3.74. The van der Waals surface area contributed by atoms with Crippen LogP contribution in [0.25, 0.3) is 0 Å². The van der Waals surface area contributed by atoms with E-state index < -0.39 is 12.1 Å². The Kier molecular flexibility index (Phi) is 2.84. The summed E-state index contributed by atoms with van der Waals surface area (Å²) in [6.45, 7) is 0.901. The largest absolute Gasteiger partial charge is 0.479 e. The molecule has 0 aliphatic carbocycles. The van der Waals surface area contributed by atoms with Crippen molar-refractivity contribution in [1.82, 2.24) is 5.32 Å². The fourth-order valence-corrected chi connectivity index (χ4v) is 1.41. The van der Waals surface area contributed by atoms with E-state index in [-0.39, 0.29) is 6.04 Å². The smallest absolute Gasteiger partial charge is 0.334 e. The molecular weight excluding hydrogens is 146 g/mol. The summed E-state index contributed by atoms with van der Waals surface area (Å²) >= 11 is 0. The van der Waals surface area contributed by atoms with Gasteiger partial charge in [0.05, 0.1) is 0 Å². The Morgan fingerprint density at radius 1 is 1.82 bits per heavy atom. The highest BCUT2D eigenvalue weighted by molar-refractivity contribution is 5.73. The van der Waals surface area contributed by atoms with Gasteiger partial charge in [0.2, 0.25) is 0 Å². The molecule has 0 unspecified atom stereocenters. The fraction of sp³-hybridized carbons (Fsp3) is 0.857. The van der Waals surface area contributed by atoms with E-state index in [1.54, 1.807) is 0 Å². The van der Waals surface area contributed by atoms with Crippen LogP contribution in [0.1, 0.15) is 12.8 Å². The van der Waals surface area contributed by atoms with Gasteiger partial charge in [-0.05, 0) is 19.4 Å². The van der Waals surface area contributed by atoms with Crippen molar-refractivity contribution in [3.63, 3.8) is 0 Å². The second-order valence-electron chi connectivity index (χ2n) is 2.70. The summed E-state index contributed by atoms with van der Waals surface area (Å²) in [5, 5.41) is 11.8. The van der Waals surface area contributed by atoms with E-state index in [0.29, 0.717) is 0 Å². The molecular formula is C7H13NO3. The minimum absolute atomic E-state index is 0.00231. The van der Waals surface area contributed by atoms with Crippen molar-refractivity contribution in [2.24, 2.45) is 0 Å². The quantitative estimate of drug-likeness (QED) is 0.600. The highest BCUT2D eigenvalue weighted by Crippen LogP contribution is 2.11. The number of aliphatic carboxylic acids is 1. The zero-order valence-corrected chi connectivity index (χ0v) is 6.54. The normalized spacial score (nSPS) is 26.8. The van der Waals surface area contributed by atoms with E-state index in [2.05, 4.69) is 5.32 Å². The van der Waals surface area contributed by atoms with Gasteiger partial charge in [-0.15, -0.1) is 0 Å². The predicted molar refractivity (Wildman–Crippen MR) is 39.5 cm³/mol. The van der Waals surface area contributed by atoms with Crippen LogP contribution in [-0.2, 0) is 9.53 Å². The molecule has 1 fully saturated rings. The van der Waals surface area contributed by atoms with Crippen molar-refractivity contribution in [3.8, 4) is 0 Å². The number of carboxylic acids is 1. The topological polar surface area (TPSA) is 58.6 Å². The van der Waals surface area contributed by atoms with Gasteiger partial charge < -0.3 is 15.2 Å². The molecule has 0 spiro atoms. The Labute approximate surface area is 65.5 Å². The van der Waals surface area contributed by atoms with Gasteiger partial charge in [-0.2, -0.15) is 0 Å². The van der Waals surface area contributed by atoms with Crippen molar-refractivity contribution < 1.29 is 14.6 Å². The van der Waals surface area contributed by atoms with Crippen LogP contribution in [0.15, 0.2) is 0 Å². The molecule has 0 bridgehead atoms. The summed E-state index contributed by atoms with van der Waals surface area (Å²) in [4.78, 5) is 10.6. The van der Waals surface area contributed by atoms with Crippen LogP contribution in [0.2, 0.25) is 0 Å². The van der Waals surface area contributed by atoms with E-state index >= 15 is 0 Å². The Morgan fingerprint density at radius 2 is 2.55 bits per heavy atom. The molecule has 0 aromatic carbocycles. The summed E-state index contributed by atoms with van der Waals surface area (Å²) in [5.74, 6) is -0.882. The SMILES string of the molecule is CO[C@@H](C(=O)O)[C@@H]1CCCN1. The molecule has 2 N–H and O–H groups in total. The van der Waals surface area contributed by atoms with Crippen LogP contribution in [0.4, 0.5) is 0 Å². The van der Waals surface area contributed by atoms with Gasteiger partial charge in [0, 0.05) is 13.2 Å². The first kappa shape index (κ1) is 8.49. The average Bonchev–Trinajstić information content (AvgIpc) is 2.40. The number of hydrogen-bond donors (Lipinski definition) is 2. The number of ether oxygens (including phenoxy) is 1. The second kappa shape index (κ2) is 3.69. The molecule has 4 heteroatoms. The Hall–Kier alpha value is -0.610. The molecule has 0 amide bonds. The van der Waals surface area contributed by atoms with Gasteiger partial charge in [-0.25, -0.2) is 4.79 Å². The molecule has 0 saturated carbocycles. The molecule has 0 aromatic heterocycles. The van der Waals surface area contributed by atoms with Crippen molar-refractivity contribution in [2.75, 3.05) is 13.7 Å². The maximum Gasteiger partial charge on any atom is 0.334 e. The van der Waals surface area contributed by atoms with Crippen molar-refractivity contribution in [3.05, 3.63) is 0 Å². The Morgan fingerprint density at radius 3 is 2.91 bits per heavy atom. The van der Waals surface area contributed by atoms with Crippen LogP contribution in [0.3, 0.4) is 0 Å². The Bertz CT molecular complexity index is 143. The molecule has 4 nitrogen and oxygen atoms in total. The number of carbonyl (C=O) groups is 1. The molecule has 2 atom stereocenters. The fourth-order valence-electron chi connectivity index (χ4n) is 1.41. The van der Waals surface area contributed by atoms with E-state index in [1.807, 2.05) is 0 Å². The number of carboxylic acid groups (broad SMARTS) is 1. The lowest BCUT2D eigenvalue weighted by Gasteiger charge is -2.17. The zero-order chi connectivity index (χ0) is 8.27. The van der Waals surface area contributed by atoms with Crippen LogP contribution >= 0.6 is 0 Å². The molecule has 0 aromatic rings. The summed E-state index contributed by atoms with van der Waals surface area (Å²) in [5.41, 5.74) is 0. The highest BCUT2D eigenvalue weighted by Gasteiger charge is 2.29. The van der Waals surface area contributed by atoms with E-state index in [4.69, 9.17) is 9.84 Å². The van der Waals surface area contributed by atoms with Gasteiger partial charge in [-0.1, -0.05) is 0 Å². The van der Waals surface area contributed by atoms with Gasteiger partial charge in [0.25, 0.3) is 0 Å². The molecule has 1 heterocycles. The monoisotopic (exact) mass is 159 g/mol. The molecule has 1 saturated heterocycles. The van der Waals surface area contributed by atoms with E-state index in [1.165, 1.54) is 7.11 Å². The third-order valence-electron chi connectivity index (χ3n) is 1.96. The predicted octanol–water partition coefficient (Wildman–Crippen LogP) is -0.162. The summed E-state index contributed by atoms with van der Waals surface area (Å²) in [6, 6.07) is -0.00231. The van der Waals surface area contributed by atoms with Crippen molar-refractivity contribution in [2.45, 2.75) is 25.0 Å². The van der Waals surface area contributed by atoms with Crippen LogP contribution in [-0.4, -0.2) is 36.9 Å². The van der Waals surface area contributed by atoms with Crippen molar-refractivity contribution in [1.29, 1.82) is 0 Å². The van der Waals surface area contributed by atoms with Crippen LogP contribution in [0, 0.1) is 0 Å². The number of hydrogen-bond acceptors (Lipinski definition) is 3. The first-order chi connectivity index (χ1) is 5.25. The van der Waals surface area contributed by atoms with Crippen LogP contribution in [0.5, 0.6) is 0 Å². The molecule has 64 valence electrons. The standard InChI is InChI=1S/C7H13NO3/c1-11-6(7(9)10)5-3-2-4-8-5/h5-6,8H,2-4H2,1H3,(H,9,10)/t5-,6+/m0/s1. The average molecular weight is 159 g/mol. The summed E-state index contributed by atoms with van der Waals surface area (Å²) in [7, 11) is 1.43. The Balaban J connectivity index is 2.46. The van der Waals surface area contributed by atoms with Gasteiger partial charge >= 0.3 is 5.97 Å². The number of rotatable bonds is 3. The summed E-state index contributed by atoms with van der Waals surface area (Å²) < 4.78 is 4.83. The van der Waals surface area contributed by atoms with E-state index in [0.717, 1.165) is 19.4 Å². The lowest BCUT2D eigenvalue weighted by molar-refractivity contribution is -0.150. The van der Waals surface area contributed by atoms with Gasteiger partial charge in [0.15, 0.2) is 6.10 Å². The number of methoxy groups -OCH3 is 1. The first-order valence-corrected chi connectivity index (χ1v) is 3.74. The molecule has 1 aliphatic rings.